The maximum atomic E-state index is 4.20. The average Bonchev–Trinajstić information content (AvgIpc) is 2.38. The fraction of sp³-hybridized carbons (Fsp3) is 0.308. The standard InChI is InChI=1S/C13H16N4/c1-3-15-13(11-5-7-16-17-8-11)12-9-14-6-4-10(12)2/h4-9,13,15H,3H2,1-2H3. The van der Waals surface area contributed by atoms with E-state index in [4.69, 9.17) is 0 Å². The summed E-state index contributed by atoms with van der Waals surface area (Å²) in [5, 5.41) is 11.2. The van der Waals surface area contributed by atoms with Gasteiger partial charge in [0.25, 0.3) is 0 Å². The zero-order valence-corrected chi connectivity index (χ0v) is 10.1. The highest BCUT2D eigenvalue weighted by molar-refractivity contribution is 5.33. The smallest absolute Gasteiger partial charge is 0.0611 e. The number of nitrogens with one attached hydrogen (secondary N) is 1. The van der Waals surface area contributed by atoms with Gasteiger partial charge in [-0.05, 0) is 42.3 Å². The van der Waals surface area contributed by atoms with Gasteiger partial charge in [-0.25, -0.2) is 0 Å². The van der Waals surface area contributed by atoms with Crippen LogP contribution in [0.4, 0.5) is 0 Å². The third-order valence-corrected chi connectivity index (χ3v) is 2.74. The molecular formula is C13H16N4. The summed E-state index contributed by atoms with van der Waals surface area (Å²) in [5.41, 5.74) is 3.52. The fourth-order valence-corrected chi connectivity index (χ4v) is 1.86. The van der Waals surface area contributed by atoms with Crippen LogP contribution in [0.15, 0.2) is 36.9 Å². The SMILES string of the molecule is CCNC(c1ccnnc1)c1cnccc1C. The van der Waals surface area contributed by atoms with Crippen LogP contribution in [0.5, 0.6) is 0 Å². The van der Waals surface area contributed by atoms with E-state index in [1.165, 1.54) is 11.1 Å². The second kappa shape index (κ2) is 5.50. The summed E-state index contributed by atoms with van der Waals surface area (Å²) in [5.74, 6) is 0. The van der Waals surface area contributed by atoms with Crippen LogP contribution in [0, 0.1) is 6.92 Å². The van der Waals surface area contributed by atoms with Crippen molar-refractivity contribution in [1.82, 2.24) is 20.5 Å². The predicted octanol–water partition coefficient (Wildman–Crippen LogP) is 1.88. The summed E-state index contributed by atoms with van der Waals surface area (Å²) in [6, 6.07) is 4.13. The molecule has 1 atom stereocenters. The highest BCUT2D eigenvalue weighted by Crippen LogP contribution is 2.22. The van der Waals surface area contributed by atoms with Crippen molar-refractivity contribution in [3.05, 3.63) is 53.6 Å². The van der Waals surface area contributed by atoms with Crippen molar-refractivity contribution in [3.63, 3.8) is 0 Å². The van der Waals surface area contributed by atoms with Gasteiger partial charge in [-0.15, -0.1) is 0 Å². The van der Waals surface area contributed by atoms with Gasteiger partial charge in [-0.1, -0.05) is 6.92 Å². The molecule has 0 amide bonds. The lowest BCUT2D eigenvalue weighted by Crippen LogP contribution is -2.23. The second-order valence-corrected chi connectivity index (χ2v) is 3.90. The molecule has 0 bridgehead atoms. The van der Waals surface area contributed by atoms with E-state index in [0.717, 1.165) is 12.1 Å². The van der Waals surface area contributed by atoms with Crippen molar-refractivity contribution in [2.45, 2.75) is 19.9 Å². The van der Waals surface area contributed by atoms with Crippen molar-refractivity contribution in [2.24, 2.45) is 0 Å². The molecule has 0 saturated carbocycles. The maximum Gasteiger partial charge on any atom is 0.0611 e. The summed E-state index contributed by atoms with van der Waals surface area (Å²) >= 11 is 0. The van der Waals surface area contributed by atoms with Crippen molar-refractivity contribution in [1.29, 1.82) is 0 Å². The average molecular weight is 228 g/mol. The van der Waals surface area contributed by atoms with E-state index in [0.29, 0.717) is 0 Å². The lowest BCUT2D eigenvalue weighted by Gasteiger charge is -2.19. The first kappa shape index (κ1) is 11.7. The molecule has 1 unspecified atom stereocenters. The molecule has 0 aliphatic rings. The number of aryl methyl sites for hydroxylation is 1. The molecule has 0 spiro atoms. The third-order valence-electron chi connectivity index (χ3n) is 2.74. The number of hydrogen-bond donors (Lipinski definition) is 1. The minimum Gasteiger partial charge on any atom is -0.306 e. The minimum atomic E-state index is 0.129. The Morgan fingerprint density at radius 2 is 2.06 bits per heavy atom. The van der Waals surface area contributed by atoms with Crippen molar-refractivity contribution < 1.29 is 0 Å². The van der Waals surface area contributed by atoms with Crippen molar-refractivity contribution in [2.75, 3.05) is 6.54 Å². The number of nitrogens with zero attached hydrogens (tertiary/aromatic N) is 3. The Bertz CT molecular complexity index is 470. The molecule has 2 aromatic rings. The van der Waals surface area contributed by atoms with Gasteiger partial charge >= 0.3 is 0 Å². The van der Waals surface area contributed by atoms with Crippen LogP contribution >= 0.6 is 0 Å². The van der Waals surface area contributed by atoms with Gasteiger partial charge in [-0.3, -0.25) is 4.98 Å². The molecule has 2 aromatic heterocycles. The largest absolute Gasteiger partial charge is 0.306 e. The first-order chi connectivity index (χ1) is 8.33. The monoisotopic (exact) mass is 228 g/mol. The second-order valence-electron chi connectivity index (χ2n) is 3.90. The molecule has 2 heterocycles. The van der Waals surface area contributed by atoms with E-state index in [-0.39, 0.29) is 6.04 Å². The lowest BCUT2D eigenvalue weighted by atomic mass is 9.98. The number of pyridine rings is 1. The van der Waals surface area contributed by atoms with Gasteiger partial charge in [0.15, 0.2) is 0 Å². The van der Waals surface area contributed by atoms with Gasteiger partial charge in [0.2, 0.25) is 0 Å². The molecule has 17 heavy (non-hydrogen) atoms. The molecule has 0 fully saturated rings. The van der Waals surface area contributed by atoms with Crippen LogP contribution in [-0.4, -0.2) is 21.7 Å². The fourth-order valence-electron chi connectivity index (χ4n) is 1.86. The van der Waals surface area contributed by atoms with Crippen LogP contribution < -0.4 is 5.32 Å². The minimum absolute atomic E-state index is 0.129. The van der Waals surface area contributed by atoms with Gasteiger partial charge in [-0.2, -0.15) is 10.2 Å². The quantitative estimate of drug-likeness (QED) is 0.868. The lowest BCUT2D eigenvalue weighted by molar-refractivity contribution is 0.621. The molecule has 0 aliphatic heterocycles. The van der Waals surface area contributed by atoms with Gasteiger partial charge in [0.1, 0.15) is 0 Å². The van der Waals surface area contributed by atoms with Crippen LogP contribution in [0.25, 0.3) is 0 Å². The van der Waals surface area contributed by atoms with E-state index in [1.807, 2.05) is 24.5 Å². The molecule has 2 rings (SSSR count). The number of aromatic nitrogens is 3. The molecule has 0 saturated heterocycles. The first-order valence-corrected chi connectivity index (χ1v) is 5.73. The Hall–Kier alpha value is -1.81. The molecule has 4 nitrogen and oxygen atoms in total. The van der Waals surface area contributed by atoms with E-state index in [1.54, 1.807) is 12.4 Å². The Morgan fingerprint density at radius 1 is 1.18 bits per heavy atom. The highest BCUT2D eigenvalue weighted by atomic mass is 15.1. The molecule has 88 valence electrons. The van der Waals surface area contributed by atoms with Gasteiger partial charge in [0, 0.05) is 18.6 Å². The van der Waals surface area contributed by atoms with Crippen LogP contribution in [0.3, 0.4) is 0 Å². The zero-order valence-electron chi connectivity index (χ0n) is 10.1. The summed E-state index contributed by atoms with van der Waals surface area (Å²) < 4.78 is 0. The van der Waals surface area contributed by atoms with Crippen molar-refractivity contribution >= 4 is 0 Å². The first-order valence-electron chi connectivity index (χ1n) is 5.73. The normalized spacial score (nSPS) is 12.4. The number of hydrogen-bond acceptors (Lipinski definition) is 4. The Balaban J connectivity index is 2.39. The summed E-state index contributed by atoms with van der Waals surface area (Å²) in [6.45, 7) is 5.07. The van der Waals surface area contributed by atoms with Crippen LogP contribution in [0.2, 0.25) is 0 Å². The maximum absolute atomic E-state index is 4.20. The molecule has 0 aliphatic carbocycles. The van der Waals surface area contributed by atoms with Gasteiger partial charge < -0.3 is 5.32 Å². The van der Waals surface area contributed by atoms with Gasteiger partial charge in [0.05, 0.1) is 12.2 Å². The molecule has 0 aromatic carbocycles. The number of rotatable bonds is 4. The highest BCUT2D eigenvalue weighted by Gasteiger charge is 2.15. The summed E-state index contributed by atoms with van der Waals surface area (Å²) in [7, 11) is 0. The molecule has 1 N–H and O–H groups in total. The van der Waals surface area contributed by atoms with E-state index in [2.05, 4.69) is 34.3 Å². The molecule has 4 heteroatoms. The third kappa shape index (κ3) is 2.65. The molecule has 0 radical (unpaired) electrons. The predicted molar refractivity (Wildman–Crippen MR) is 66.5 cm³/mol. The summed E-state index contributed by atoms with van der Waals surface area (Å²) in [4.78, 5) is 4.20. The Morgan fingerprint density at radius 3 is 2.71 bits per heavy atom. The topological polar surface area (TPSA) is 50.7 Å². The van der Waals surface area contributed by atoms with Crippen molar-refractivity contribution in [3.8, 4) is 0 Å². The van der Waals surface area contributed by atoms with Crippen LogP contribution in [0.1, 0.15) is 29.7 Å². The Kier molecular flexibility index (Phi) is 3.77. The van der Waals surface area contributed by atoms with Crippen LogP contribution in [-0.2, 0) is 0 Å². The summed E-state index contributed by atoms with van der Waals surface area (Å²) in [6.07, 6.45) is 7.22. The zero-order chi connectivity index (χ0) is 12.1. The van der Waals surface area contributed by atoms with E-state index in [9.17, 15) is 0 Å². The van der Waals surface area contributed by atoms with E-state index >= 15 is 0 Å². The molecular weight excluding hydrogens is 212 g/mol. The Labute approximate surface area is 101 Å². The van der Waals surface area contributed by atoms with E-state index < -0.39 is 0 Å².